The first kappa shape index (κ1) is 16.9. The van der Waals surface area contributed by atoms with Gasteiger partial charge in [-0.1, -0.05) is 0 Å². The Morgan fingerprint density at radius 1 is 1.25 bits per heavy atom. The predicted molar refractivity (Wildman–Crippen MR) is 76.0 cm³/mol. The van der Waals surface area contributed by atoms with Gasteiger partial charge in [0, 0.05) is 12.1 Å². The van der Waals surface area contributed by atoms with E-state index in [0.717, 1.165) is 0 Å². The number of amides is 2. The number of likely N-dealkylation sites (N-methyl/N-ethyl adjacent to an activating group) is 1. The fourth-order valence-corrected chi connectivity index (χ4v) is 3.77. The highest BCUT2D eigenvalue weighted by Crippen LogP contribution is 2.10. The molecule has 7 nitrogen and oxygen atoms in total. The Morgan fingerprint density at radius 3 is 2.35 bits per heavy atom. The van der Waals surface area contributed by atoms with Crippen LogP contribution in [-0.2, 0) is 19.4 Å². The van der Waals surface area contributed by atoms with Gasteiger partial charge >= 0.3 is 0 Å². The second-order valence-corrected chi connectivity index (χ2v) is 7.79. The molecule has 0 spiro atoms. The fraction of sp³-hybridized carbons (Fsp3) is 0.833. The van der Waals surface area contributed by atoms with Crippen LogP contribution in [0.15, 0.2) is 0 Å². The summed E-state index contributed by atoms with van der Waals surface area (Å²) >= 11 is 0. The first-order chi connectivity index (χ1) is 9.18. The maximum Gasteiger partial charge on any atom is 0.234 e. The molecule has 1 heterocycles. The second-order valence-electron chi connectivity index (χ2n) is 5.56. The van der Waals surface area contributed by atoms with Gasteiger partial charge < -0.3 is 10.6 Å². The summed E-state index contributed by atoms with van der Waals surface area (Å²) in [6, 6.07) is -0.237. The van der Waals surface area contributed by atoms with Crippen LogP contribution in [0.25, 0.3) is 0 Å². The average Bonchev–Trinajstić information content (AvgIpc) is 2.55. The molecular formula is C12H23N3O4S. The van der Waals surface area contributed by atoms with E-state index in [0.29, 0.717) is 6.42 Å². The highest BCUT2D eigenvalue weighted by Gasteiger charge is 2.29. The molecule has 2 N–H and O–H groups in total. The third kappa shape index (κ3) is 6.33. The predicted octanol–water partition coefficient (Wildman–Crippen LogP) is -1.25. The van der Waals surface area contributed by atoms with Gasteiger partial charge in [0.1, 0.15) is 0 Å². The van der Waals surface area contributed by atoms with Crippen LogP contribution < -0.4 is 10.6 Å². The second kappa shape index (κ2) is 7.03. The lowest BCUT2D eigenvalue weighted by Crippen LogP contribution is -2.45. The van der Waals surface area contributed by atoms with E-state index in [4.69, 9.17) is 0 Å². The van der Waals surface area contributed by atoms with Crippen LogP contribution in [0.1, 0.15) is 20.3 Å². The average molecular weight is 305 g/mol. The van der Waals surface area contributed by atoms with Crippen LogP contribution in [0.4, 0.5) is 0 Å². The van der Waals surface area contributed by atoms with Crippen molar-refractivity contribution in [1.29, 1.82) is 0 Å². The molecule has 1 unspecified atom stereocenters. The number of hydrogen-bond acceptors (Lipinski definition) is 5. The molecule has 1 rings (SSSR count). The number of carbonyl (C=O) groups excluding carboxylic acids is 2. The van der Waals surface area contributed by atoms with E-state index in [1.54, 1.807) is 11.9 Å². The van der Waals surface area contributed by atoms with Crippen molar-refractivity contribution in [3.8, 4) is 0 Å². The van der Waals surface area contributed by atoms with Crippen molar-refractivity contribution in [2.24, 2.45) is 0 Å². The molecule has 1 atom stereocenters. The summed E-state index contributed by atoms with van der Waals surface area (Å²) in [6.07, 6.45) is 0.464. The molecule has 0 aromatic rings. The van der Waals surface area contributed by atoms with Crippen LogP contribution in [0.5, 0.6) is 0 Å². The van der Waals surface area contributed by atoms with Crippen LogP contribution in [0.3, 0.4) is 0 Å². The summed E-state index contributed by atoms with van der Waals surface area (Å²) in [6.45, 7) is 3.94. The van der Waals surface area contributed by atoms with E-state index in [-0.39, 0.29) is 48.5 Å². The topological polar surface area (TPSA) is 95.6 Å². The molecule has 1 saturated heterocycles. The molecule has 1 fully saturated rings. The monoisotopic (exact) mass is 305 g/mol. The maximum atomic E-state index is 11.7. The van der Waals surface area contributed by atoms with E-state index < -0.39 is 9.84 Å². The van der Waals surface area contributed by atoms with Crippen molar-refractivity contribution in [1.82, 2.24) is 15.5 Å². The Hall–Kier alpha value is -1.15. The molecule has 0 aromatic carbocycles. The van der Waals surface area contributed by atoms with Gasteiger partial charge in [-0.2, -0.15) is 0 Å². The highest BCUT2D eigenvalue weighted by atomic mass is 32.2. The zero-order valence-electron chi connectivity index (χ0n) is 12.2. The molecule has 0 radical (unpaired) electrons. The molecule has 0 bridgehead atoms. The van der Waals surface area contributed by atoms with Crippen LogP contribution in [-0.4, -0.2) is 68.9 Å². The van der Waals surface area contributed by atoms with Gasteiger partial charge in [0.25, 0.3) is 0 Å². The minimum Gasteiger partial charge on any atom is -0.353 e. The summed E-state index contributed by atoms with van der Waals surface area (Å²) in [5.74, 6) is -0.258. The molecule has 0 aliphatic carbocycles. The largest absolute Gasteiger partial charge is 0.353 e. The Balaban J connectivity index is 2.30. The van der Waals surface area contributed by atoms with Gasteiger partial charge in [0.2, 0.25) is 11.8 Å². The number of sulfone groups is 1. The molecule has 0 saturated carbocycles. The summed E-state index contributed by atoms with van der Waals surface area (Å²) in [4.78, 5) is 24.8. The Morgan fingerprint density at radius 2 is 1.85 bits per heavy atom. The Kier molecular flexibility index (Phi) is 5.94. The van der Waals surface area contributed by atoms with Gasteiger partial charge in [-0.05, 0) is 27.3 Å². The lowest BCUT2D eigenvalue weighted by Gasteiger charge is -2.18. The molecular weight excluding hydrogens is 282 g/mol. The third-order valence-electron chi connectivity index (χ3n) is 2.87. The third-order valence-corrected chi connectivity index (χ3v) is 4.64. The van der Waals surface area contributed by atoms with E-state index in [1.165, 1.54) is 0 Å². The van der Waals surface area contributed by atoms with E-state index in [2.05, 4.69) is 10.6 Å². The normalized spacial score (nSPS) is 21.1. The summed E-state index contributed by atoms with van der Waals surface area (Å²) < 4.78 is 22.6. The van der Waals surface area contributed by atoms with Crippen molar-refractivity contribution >= 4 is 21.7 Å². The standard InChI is InChI=1S/C12H23N3O4S/c1-9(2)13-11(16)6-15(3)7-12(17)14-10-4-5-20(18,19)8-10/h9-10H,4-8H2,1-3H3,(H,13,16)(H,14,17). The van der Waals surface area contributed by atoms with Crippen LogP contribution in [0.2, 0.25) is 0 Å². The summed E-state index contributed by atoms with van der Waals surface area (Å²) in [5, 5.41) is 5.43. The molecule has 1 aliphatic rings. The van der Waals surface area contributed by atoms with E-state index in [1.807, 2.05) is 13.8 Å². The minimum atomic E-state index is -2.99. The Labute approximate surface area is 120 Å². The number of rotatable bonds is 6. The van der Waals surface area contributed by atoms with E-state index >= 15 is 0 Å². The number of nitrogens with zero attached hydrogens (tertiary/aromatic N) is 1. The van der Waals surface area contributed by atoms with Gasteiger partial charge in [0.15, 0.2) is 9.84 Å². The summed E-state index contributed by atoms with van der Waals surface area (Å²) in [7, 11) is -1.32. The Bertz CT molecular complexity index is 461. The number of carbonyl (C=O) groups is 2. The van der Waals surface area contributed by atoms with Crippen LogP contribution in [0, 0.1) is 0 Å². The lowest BCUT2D eigenvalue weighted by molar-refractivity contribution is -0.125. The molecule has 20 heavy (non-hydrogen) atoms. The molecule has 0 aromatic heterocycles. The van der Waals surface area contributed by atoms with Crippen molar-refractivity contribution in [3.63, 3.8) is 0 Å². The first-order valence-electron chi connectivity index (χ1n) is 6.65. The lowest BCUT2D eigenvalue weighted by atomic mass is 10.2. The molecule has 116 valence electrons. The van der Waals surface area contributed by atoms with Crippen molar-refractivity contribution in [3.05, 3.63) is 0 Å². The first-order valence-corrected chi connectivity index (χ1v) is 8.48. The van der Waals surface area contributed by atoms with Gasteiger partial charge in [-0.15, -0.1) is 0 Å². The van der Waals surface area contributed by atoms with Crippen molar-refractivity contribution in [2.75, 3.05) is 31.6 Å². The minimum absolute atomic E-state index is 0.0102. The zero-order chi connectivity index (χ0) is 15.3. The van der Waals surface area contributed by atoms with Gasteiger partial charge in [0.05, 0.1) is 24.6 Å². The smallest absolute Gasteiger partial charge is 0.234 e. The van der Waals surface area contributed by atoms with Gasteiger partial charge in [-0.3, -0.25) is 14.5 Å². The number of nitrogens with one attached hydrogen (secondary N) is 2. The maximum absolute atomic E-state index is 11.7. The molecule has 2 amide bonds. The quantitative estimate of drug-likeness (QED) is 0.639. The fourth-order valence-electron chi connectivity index (χ4n) is 2.10. The van der Waals surface area contributed by atoms with Crippen molar-refractivity contribution < 1.29 is 18.0 Å². The number of hydrogen-bond donors (Lipinski definition) is 2. The van der Waals surface area contributed by atoms with Gasteiger partial charge in [-0.25, -0.2) is 8.42 Å². The molecule has 8 heteroatoms. The highest BCUT2D eigenvalue weighted by molar-refractivity contribution is 7.91. The van der Waals surface area contributed by atoms with Crippen molar-refractivity contribution in [2.45, 2.75) is 32.4 Å². The molecule has 1 aliphatic heterocycles. The SMILES string of the molecule is CC(C)NC(=O)CN(C)CC(=O)NC1CCS(=O)(=O)C1. The zero-order valence-corrected chi connectivity index (χ0v) is 13.0. The summed E-state index contributed by atoms with van der Waals surface area (Å²) in [5.41, 5.74) is 0. The van der Waals surface area contributed by atoms with Crippen LogP contribution >= 0.6 is 0 Å². The van der Waals surface area contributed by atoms with E-state index in [9.17, 15) is 18.0 Å².